The second-order valence-electron chi connectivity index (χ2n) is 5.31. The predicted molar refractivity (Wildman–Crippen MR) is 86.2 cm³/mol. The van der Waals surface area contributed by atoms with Gasteiger partial charge in [-0.2, -0.15) is 0 Å². The molecule has 0 aromatic heterocycles. The fraction of sp³-hybridized carbons (Fsp3) is 0.278. The van der Waals surface area contributed by atoms with Crippen molar-refractivity contribution in [2.75, 3.05) is 13.6 Å². The maximum Gasteiger partial charge on any atom is 0.253 e. The molecular formula is C18H21NO3. The van der Waals surface area contributed by atoms with Gasteiger partial charge >= 0.3 is 0 Å². The molecule has 116 valence electrons. The van der Waals surface area contributed by atoms with Gasteiger partial charge in [-0.15, -0.1) is 0 Å². The largest absolute Gasteiger partial charge is 0.457 e. The molecule has 1 N–H and O–H groups in total. The van der Waals surface area contributed by atoms with Crippen molar-refractivity contribution in [1.82, 2.24) is 4.90 Å². The van der Waals surface area contributed by atoms with Crippen LogP contribution in [0.4, 0.5) is 0 Å². The van der Waals surface area contributed by atoms with E-state index in [1.165, 1.54) is 0 Å². The zero-order chi connectivity index (χ0) is 15.9. The van der Waals surface area contributed by atoms with Gasteiger partial charge in [0.2, 0.25) is 0 Å². The van der Waals surface area contributed by atoms with Crippen molar-refractivity contribution in [3.8, 4) is 11.5 Å². The molecule has 2 aromatic carbocycles. The molecule has 0 saturated carbocycles. The standard InChI is InChI=1S/C18H21NO3/c1-14(20)11-12-19(2)18(21)15-7-6-10-17(13-15)22-16-8-4-3-5-9-16/h3-10,13-14,20H,11-12H2,1-2H3. The quantitative estimate of drug-likeness (QED) is 0.890. The van der Waals surface area contributed by atoms with Crippen LogP contribution in [0.25, 0.3) is 0 Å². The SMILES string of the molecule is CC(O)CCN(C)C(=O)c1cccc(Oc2ccccc2)c1. The fourth-order valence-corrected chi connectivity index (χ4v) is 2.02. The maximum absolute atomic E-state index is 12.4. The number of nitrogens with zero attached hydrogens (tertiary/aromatic N) is 1. The van der Waals surface area contributed by atoms with E-state index in [4.69, 9.17) is 4.74 Å². The molecule has 1 unspecified atom stereocenters. The Kier molecular flexibility index (Phi) is 5.55. The van der Waals surface area contributed by atoms with Crippen molar-refractivity contribution in [3.63, 3.8) is 0 Å². The minimum atomic E-state index is -0.414. The molecule has 22 heavy (non-hydrogen) atoms. The second-order valence-corrected chi connectivity index (χ2v) is 5.31. The summed E-state index contributed by atoms with van der Waals surface area (Å²) < 4.78 is 5.74. The molecule has 0 radical (unpaired) electrons. The lowest BCUT2D eigenvalue weighted by atomic mass is 10.2. The molecule has 0 aliphatic rings. The number of para-hydroxylation sites is 1. The van der Waals surface area contributed by atoms with Crippen molar-refractivity contribution in [3.05, 3.63) is 60.2 Å². The van der Waals surface area contributed by atoms with E-state index >= 15 is 0 Å². The molecule has 0 aliphatic carbocycles. The summed E-state index contributed by atoms with van der Waals surface area (Å²) in [5.41, 5.74) is 0.571. The van der Waals surface area contributed by atoms with Gasteiger partial charge in [0.25, 0.3) is 5.91 Å². The third kappa shape index (κ3) is 4.60. The average Bonchev–Trinajstić information content (AvgIpc) is 2.53. The Balaban J connectivity index is 2.06. The summed E-state index contributed by atoms with van der Waals surface area (Å²) >= 11 is 0. The number of ether oxygens (including phenoxy) is 1. The Morgan fingerprint density at radius 3 is 2.50 bits per heavy atom. The number of aliphatic hydroxyl groups is 1. The predicted octanol–water partition coefficient (Wildman–Crippen LogP) is 3.32. The van der Waals surface area contributed by atoms with E-state index in [1.807, 2.05) is 36.4 Å². The molecule has 1 amide bonds. The molecule has 0 heterocycles. The molecule has 0 spiro atoms. The topological polar surface area (TPSA) is 49.8 Å². The number of rotatable bonds is 6. The molecule has 0 saturated heterocycles. The minimum absolute atomic E-state index is 0.0841. The summed E-state index contributed by atoms with van der Waals surface area (Å²) in [7, 11) is 1.73. The number of carbonyl (C=O) groups is 1. The number of carbonyl (C=O) groups excluding carboxylic acids is 1. The van der Waals surface area contributed by atoms with E-state index in [-0.39, 0.29) is 5.91 Å². The van der Waals surface area contributed by atoms with E-state index in [0.717, 1.165) is 5.75 Å². The van der Waals surface area contributed by atoms with Gasteiger partial charge in [-0.25, -0.2) is 0 Å². The Labute approximate surface area is 131 Å². The number of amides is 1. The normalized spacial score (nSPS) is 11.8. The first-order valence-electron chi connectivity index (χ1n) is 7.33. The highest BCUT2D eigenvalue weighted by molar-refractivity contribution is 5.94. The number of aliphatic hydroxyl groups excluding tert-OH is 1. The first-order valence-corrected chi connectivity index (χ1v) is 7.33. The lowest BCUT2D eigenvalue weighted by Crippen LogP contribution is -2.29. The molecule has 4 nitrogen and oxygen atoms in total. The minimum Gasteiger partial charge on any atom is -0.457 e. The lowest BCUT2D eigenvalue weighted by molar-refractivity contribution is 0.0768. The van der Waals surface area contributed by atoms with Crippen LogP contribution in [0.5, 0.6) is 11.5 Å². The fourth-order valence-electron chi connectivity index (χ4n) is 2.02. The van der Waals surface area contributed by atoms with E-state index in [0.29, 0.717) is 24.3 Å². The van der Waals surface area contributed by atoms with Crippen molar-refractivity contribution < 1.29 is 14.6 Å². The van der Waals surface area contributed by atoms with Gasteiger partial charge in [0, 0.05) is 19.2 Å². The van der Waals surface area contributed by atoms with E-state index in [2.05, 4.69) is 0 Å². The maximum atomic E-state index is 12.4. The van der Waals surface area contributed by atoms with Crippen LogP contribution in [0.2, 0.25) is 0 Å². The van der Waals surface area contributed by atoms with Crippen molar-refractivity contribution in [1.29, 1.82) is 0 Å². The third-order valence-electron chi connectivity index (χ3n) is 3.29. The third-order valence-corrected chi connectivity index (χ3v) is 3.29. The van der Waals surface area contributed by atoms with Gasteiger partial charge in [0.15, 0.2) is 0 Å². The zero-order valence-electron chi connectivity index (χ0n) is 12.9. The van der Waals surface area contributed by atoms with Crippen LogP contribution in [0.1, 0.15) is 23.7 Å². The molecule has 2 aromatic rings. The van der Waals surface area contributed by atoms with Crippen LogP contribution < -0.4 is 4.74 Å². The number of hydrogen-bond acceptors (Lipinski definition) is 3. The monoisotopic (exact) mass is 299 g/mol. The molecule has 0 fully saturated rings. The first-order chi connectivity index (χ1) is 10.6. The van der Waals surface area contributed by atoms with Crippen molar-refractivity contribution in [2.45, 2.75) is 19.4 Å². The van der Waals surface area contributed by atoms with Crippen LogP contribution in [-0.4, -0.2) is 35.6 Å². The molecule has 0 aliphatic heterocycles. The molecule has 2 rings (SSSR count). The highest BCUT2D eigenvalue weighted by Crippen LogP contribution is 2.22. The van der Waals surface area contributed by atoms with Crippen LogP contribution in [0.3, 0.4) is 0 Å². The van der Waals surface area contributed by atoms with Gasteiger partial charge < -0.3 is 14.7 Å². The van der Waals surface area contributed by atoms with E-state index < -0.39 is 6.10 Å². The number of hydrogen-bond donors (Lipinski definition) is 1. The summed E-state index contributed by atoms with van der Waals surface area (Å²) in [5, 5.41) is 9.30. The Morgan fingerprint density at radius 1 is 1.14 bits per heavy atom. The highest BCUT2D eigenvalue weighted by Gasteiger charge is 2.13. The second kappa shape index (κ2) is 7.61. The van der Waals surface area contributed by atoms with Gasteiger partial charge in [-0.3, -0.25) is 4.79 Å². The Morgan fingerprint density at radius 2 is 1.82 bits per heavy atom. The van der Waals surface area contributed by atoms with Gasteiger partial charge in [0.1, 0.15) is 11.5 Å². The Hall–Kier alpha value is -2.33. The van der Waals surface area contributed by atoms with Crippen LogP contribution in [-0.2, 0) is 0 Å². The van der Waals surface area contributed by atoms with Gasteiger partial charge in [-0.05, 0) is 43.7 Å². The summed E-state index contributed by atoms with van der Waals surface area (Å²) in [6, 6.07) is 16.6. The smallest absolute Gasteiger partial charge is 0.253 e. The highest BCUT2D eigenvalue weighted by atomic mass is 16.5. The van der Waals surface area contributed by atoms with E-state index in [1.54, 1.807) is 37.1 Å². The lowest BCUT2D eigenvalue weighted by Gasteiger charge is -2.18. The van der Waals surface area contributed by atoms with Crippen LogP contribution in [0, 0.1) is 0 Å². The summed E-state index contributed by atoms with van der Waals surface area (Å²) in [6.07, 6.45) is 0.144. The van der Waals surface area contributed by atoms with Crippen molar-refractivity contribution >= 4 is 5.91 Å². The van der Waals surface area contributed by atoms with Crippen LogP contribution >= 0.6 is 0 Å². The molecule has 4 heteroatoms. The molecular weight excluding hydrogens is 278 g/mol. The van der Waals surface area contributed by atoms with Gasteiger partial charge in [0.05, 0.1) is 6.10 Å². The first kappa shape index (κ1) is 16.0. The summed E-state index contributed by atoms with van der Waals surface area (Å²) in [6.45, 7) is 2.23. The molecule has 1 atom stereocenters. The summed E-state index contributed by atoms with van der Waals surface area (Å²) in [5.74, 6) is 1.27. The Bertz CT molecular complexity index is 611. The van der Waals surface area contributed by atoms with Crippen molar-refractivity contribution in [2.24, 2.45) is 0 Å². The van der Waals surface area contributed by atoms with Crippen LogP contribution in [0.15, 0.2) is 54.6 Å². The summed E-state index contributed by atoms with van der Waals surface area (Å²) in [4.78, 5) is 14.0. The molecule has 0 bridgehead atoms. The van der Waals surface area contributed by atoms with Gasteiger partial charge in [-0.1, -0.05) is 24.3 Å². The average molecular weight is 299 g/mol. The number of benzene rings is 2. The zero-order valence-corrected chi connectivity index (χ0v) is 12.9. The van der Waals surface area contributed by atoms with E-state index in [9.17, 15) is 9.90 Å².